The summed E-state index contributed by atoms with van der Waals surface area (Å²) >= 11 is 5.94. The monoisotopic (exact) mass is 408 g/mol. The van der Waals surface area contributed by atoms with Gasteiger partial charge in [0.15, 0.2) is 11.8 Å². The molecule has 1 aromatic heterocycles. The predicted octanol–water partition coefficient (Wildman–Crippen LogP) is 4.31. The van der Waals surface area contributed by atoms with Crippen molar-refractivity contribution in [3.63, 3.8) is 0 Å². The summed E-state index contributed by atoms with van der Waals surface area (Å²) in [5, 5.41) is 5.17. The van der Waals surface area contributed by atoms with E-state index in [1.807, 2.05) is 60.7 Å². The Hall–Kier alpha value is -3.12. The Morgan fingerprint density at radius 1 is 0.966 bits per heavy atom. The van der Waals surface area contributed by atoms with Gasteiger partial charge in [-0.1, -0.05) is 41.9 Å². The van der Waals surface area contributed by atoms with Crippen LogP contribution >= 0.6 is 11.6 Å². The van der Waals surface area contributed by atoms with Crippen molar-refractivity contribution in [3.8, 4) is 0 Å². The van der Waals surface area contributed by atoms with E-state index in [9.17, 15) is 0 Å². The number of aliphatic imine (C=N–C) groups is 1. The molecule has 29 heavy (non-hydrogen) atoms. The van der Waals surface area contributed by atoms with Crippen molar-refractivity contribution in [2.75, 3.05) is 18.4 Å². The molecular formula is C22H25ClN6. The summed E-state index contributed by atoms with van der Waals surface area (Å²) < 4.78 is 0. The van der Waals surface area contributed by atoms with Crippen LogP contribution < -0.4 is 16.8 Å². The summed E-state index contributed by atoms with van der Waals surface area (Å²) in [6.07, 6.45) is 6.90. The molecule has 0 aliphatic carbocycles. The van der Waals surface area contributed by atoms with Crippen LogP contribution in [-0.4, -0.2) is 29.0 Å². The summed E-state index contributed by atoms with van der Waals surface area (Å²) in [5.41, 5.74) is 12.6. The third-order valence-corrected chi connectivity index (χ3v) is 4.59. The van der Waals surface area contributed by atoms with Gasteiger partial charge in [0, 0.05) is 23.5 Å². The fourth-order valence-electron chi connectivity index (χ4n) is 2.88. The number of guanidine groups is 1. The molecule has 7 heteroatoms. The largest absolute Gasteiger partial charge is 0.370 e. The lowest BCUT2D eigenvalue weighted by atomic mass is 10.2. The number of aromatic nitrogens is 2. The third-order valence-electron chi connectivity index (χ3n) is 4.34. The number of halogens is 1. The van der Waals surface area contributed by atoms with Gasteiger partial charge in [0.1, 0.15) is 5.82 Å². The second kappa shape index (κ2) is 10.4. The lowest BCUT2D eigenvalue weighted by Crippen LogP contribution is -2.22. The number of nitrogens with two attached hydrogens (primary N) is 2. The van der Waals surface area contributed by atoms with Crippen molar-refractivity contribution in [3.05, 3.63) is 64.9 Å². The van der Waals surface area contributed by atoms with E-state index in [-0.39, 0.29) is 5.96 Å². The molecule has 150 valence electrons. The Morgan fingerprint density at radius 2 is 1.76 bits per heavy atom. The fourth-order valence-corrected chi connectivity index (χ4v) is 3.00. The van der Waals surface area contributed by atoms with Gasteiger partial charge < -0.3 is 16.8 Å². The maximum Gasteiger partial charge on any atom is 0.185 e. The van der Waals surface area contributed by atoms with Crippen molar-refractivity contribution >= 4 is 46.4 Å². The summed E-state index contributed by atoms with van der Waals surface area (Å²) in [6.45, 7) is 1.49. The molecule has 2 aromatic carbocycles. The van der Waals surface area contributed by atoms with Gasteiger partial charge >= 0.3 is 0 Å². The fraction of sp³-hybridized carbons (Fsp3) is 0.227. The molecule has 0 saturated heterocycles. The van der Waals surface area contributed by atoms with Crippen LogP contribution in [0.3, 0.4) is 0 Å². The predicted molar refractivity (Wildman–Crippen MR) is 123 cm³/mol. The van der Waals surface area contributed by atoms with E-state index in [1.54, 1.807) is 0 Å². The van der Waals surface area contributed by atoms with Gasteiger partial charge in [0.25, 0.3) is 0 Å². The van der Waals surface area contributed by atoms with Gasteiger partial charge in [-0.3, -0.25) is 4.99 Å². The molecule has 0 radical (unpaired) electrons. The van der Waals surface area contributed by atoms with Crippen molar-refractivity contribution in [1.82, 2.24) is 9.97 Å². The summed E-state index contributed by atoms with van der Waals surface area (Å²) in [7, 11) is 0. The molecule has 0 fully saturated rings. The Bertz CT molecular complexity index is 994. The van der Waals surface area contributed by atoms with E-state index in [4.69, 9.17) is 28.1 Å². The zero-order valence-corrected chi connectivity index (χ0v) is 16.9. The standard InChI is InChI=1S/C22H25ClN6/c23-17-11-8-16(9-12-17)10-13-20-28-19-7-3-2-6-18(19)21(29-20)26-14-4-1-5-15-27-22(24)25/h2-3,6-13H,1,4-5,14-15H2,(H4,24,25,27)(H,26,28,29)/b13-10+. The maximum atomic E-state index is 5.94. The van der Waals surface area contributed by atoms with E-state index in [1.165, 1.54) is 0 Å². The summed E-state index contributed by atoms with van der Waals surface area (Å²) in [5.74, 6) is 1.65. The molecule has 1 heterocycles. The van der Waals surface area contributed by atoms with Crippen molar-refractivity contribution in [1.29, 1.82) is 0 Å². The van der Waals surface area contributed by atoms with Crippen LogP contribution in [0, 0.1) is 0 Å². The highest BCUT2D eigenvalue weighted by atomic mass is 35.5. The second-order valence-electron chi connectivity index (χ2n) is 6.63. The summed E-state index contributed by atoms with van der Waals surface area (Å²) in [4.78, 5) is 13.4. The van der Waals surface area contributed by atoms with Crippen molar-refractivity contribution in [2.45, 2.75) is 19.3 Å². The molecule has 0 unspecified atom stereocenters. The zero-order valence-electron chi connectivity index (χ0n) is 16.2. The molecule has 0 spiro atoms. The Labute approximate surface area is 175 Å². The first kappa shape index (κ1) is 20.6. The van der Waals surface area contributed by atoms with Crippen molar-refractivity contribution < 1.29 is 0 Å². The van der Waals surface area contributed by atoms with Crippen LogP contribution in [0.15, 0.2) is 53.5 Å². The van der Waals surface area contributed by atoms with Crippen LogP contribution in [0.2, 0.25) is 5.02 Å². The van der Waals surface area contributed by atoms with Crippen LogP contribution in [0.25, 0.3) is 23.1 Å². The number of hydrogen-bond acceptors (Lipinski definition) is 4. The van der Waals surface area contributed by atoms with Crippen LogP contribution in [0.1, 0.15) is 30.7 Å². The van der Waals surface area contributed by atoms with E-state index in [0.29, 0.717) is 17.4 Å². The average molecular weight is 409 g/mol. The van der Waals surface area contributed by atoms with Gasteiger partial charge in [0.2, 0.25) is 0 Å². The quantitative estimate of drug-likeness (QED) is 0.278. The van der Waals surface area contributed by atoms with Gasteiger partial charge in [-0.25, -0.2) is 9.97 Å². The Morgan fingerprint density at radius 3 is 2.55 bits per heavy atom. The minimum Gasteiger partial charge on any atom is -0.370 e. The topological polar surface area (TPSA) is 102 Å². The second-order valence-corrected chi connectivity index (χ2v) is 7.06. The number of rotatable bonds is 9. The number of unbranched alkanes of at least 4 members (excludes halogenated alkanes) is 2. The van der Waals surface area contributed by atoms with Gasteiger partial charge in [-0.2, -0.15) is 0 Å². The first-order chi connectivity index (χ1) is 14.1. The van der Waals surface area contributed by atoms with E-state index < -0.39 is 0 Å². The molecule has 0 saturated carbocycles. The molecule has 0 amide bonds. The molecule has 0 atom stereocenters. The maximum absolute atomic E-state index is 5.94. The molecule has 0 bridgehead atoms. The van der Waals surface area contributed by atoms with Gasteiger partial charge in [-0.15, -0.1) is 0 Å². The van der Waals surface area contributed by atoms with Gasteiger partial charge in [-0.05, 0) is 55.2 Å². The lowest BCUT2D eigenvalue weighted by Gasteiger charge is -2.09. The number of nitrogens with one attached hydrogen (secondary N) is 1. The molecule has 6 nitrogen and oxygen atoms in total. The minimum atomic E-state index is 0.148. The smallest absolute Gasteiger partial charge is 0.185 e. The average Bonchev–Trinajstić information content (AvgIpc) is 2.72. The highest BCUT2D eigenvalue weighted by molar-refractivity contribution is 6.30. The number of fused-ring (bicyclic) bond motifs is 1. The first-order valence-corrected chi connectivity index (χ1v) is 9.99. The number of benzene rings is 2. The molecule has 5 N–H and O–H groups in total. The lowest BCUT2D eigenvalue weighted by molar-refractivity contribution is 0.706. The van der Waals surface area contributed by atoms with Crippen LogP contribution in [0.4, 0.5) is 5.82 Å². The number of para-hydroxylation sites is 1. The Kier molecular flexibility index (Phi) is 7.41. The summed E-state index contributed by atoms with van der Waals surface area (Å²) in [6, 6.07) is 15.7. The highest BCUT2D eigenvalue weighted by Gasteiger charge is 2.05. The molecule has 3 aromatic rings. The SMILES string of the molecule is NC(N)=NCCCCCNc1nc(/C=C/c2ccc(Cl)cc2)nc2ccccc12. The van der Waals surface area contributed by atoms with E-state index in [2.05, 4.69) is 15.3 Å². The van der Waals surface area contributed by atoms with Crippen LogP contribution in [0.5, 0.6) is 0 Å². The minimum absolute atomic E-state index is 0.148. The molecule has 0 aliphatic rings. The molecule has 0 aliphatic heterocycles. The number of anilines is 1. The van der Waals surface area contributed by atoms with Crippen molar-refractivity contribution in [2.24, 2.45) is 16.5 Å². The van der Waals surface area contributed by atoms with Gasteiger partial charge in [0.05, 0.1) is 5.52 Å². The first-order valence-electron chi connectivity index (χ1n) is 9.61. The van der Waals surface area contributed by atoms with E-state index in [0.717, 1.165) is 48.1 Å². The zero-order chi connectivity index (χ0) is 20.5. The third kappa shape index (κ3) is 6.47. The molecule has 3 rings (SSSR count). The Balaban J connectivity index is 1.67. The van der Waals surface area contributed by atoms with Crippen LogP contribution in [-0.2, 0) is 0 Å². The normalized spacial score (nSPS) is 11.1. The number of hydrogen-bond donors (Lipinski definition) is 3. The van der Waals surface area contributed by atoms with E-state index >= 15 is 0 Å². The number of nitrogens with zero attached hydrogens (tertiary/aromatic N) is 3. The highest BCUT2D eigenvalue weighted by Crippen LogP contribution is 2.21. The molecular weight excluding hydrogens is 384 g/mol.